The summed E-state index contributed by atoms with van der Waals surface area (Å²) in [5.41, 5.74) is 0. The summed E-state index contributed by atoms with van der Waals surface area (Å²) in [5, 5.41) is 3.40. The van der Waals surface area contributed by atoms with Gasteiger partial charge in [0.1, 0.15) is 8.07 Å². The molecule has 2 rings (SSSR count). The molecule has 166 valence electrons. The van der Waals surface area contributed by atoms with Gasteiger partial charge in [-0.25, -0.2) is 0 Å². The third kappa shape index (κ3) is 4.49. The monoisotopic (exact) mass is 454 g/mol. The minimum Gasteiger partial charge on any atom is -0.0695 e. The van der Waals surface area contributed by atoms with Crippen molar-refractivity contribution in [2.75, 3.05) is 0 Å². The van der Waals surface area contributed by atoms with Gasteiger partial charge in [-0.1, -0.05) is 156 Å². The summed E-state index contributed by atoms with van der Waals surface area (Å²) in [5.74, 6) is 0. The highest BCUT2D eigenvalue weighted by molar-refractivity contribution is 7.24. The molecule has 3 heteroatoms. The molecule has 0 nitrogen and oxygen atoms in total. The Morgan fingerprint density at radius 2 is 1.00 bits per heavy atom. The normalized spacial score (nSPS) is 13.5. The number of unbranched alkanes of at least 4 members (excludes halogenated alkanes) is 2. The van der Waals surface area contributed by atoms with Crippen molar-refractivity contribution in [1.82, 2.24) is 0 Å². The lowest BCUT2D eigenvalue weighted by molar-refractivity contribution is 0.681. The average Bonchev–Trinajstić information content (AvgIpc) is 2.70. The van der Waals surface area contributed by atoms with E-state index < -0.39 is 24.2 Å². The molecule has 0 radical (unpaired) electrons. The predicted molar refractivity (Wildman–Crippen MR) is 147 cm³/mol. The van der Waals surface area contributed by atoms with Gasteiger partial charge in [-0.15, -0.1) is 0 Å². The molecule has 0 amide bonds. The van der Waals surface area contributed by atoms with Gasteiger partial charge < -0.3 is 0 Å². The first-order chi connectivity index (χ1) is 14.1. The molecule has 0 aliphatic heterocycles. The van der Waals surface area contributed by atoms with E-state index in [0.29, 0.717) is 4.28 Å². The molecule has 0 aliphatic rings. The quantitative estimate of drug-likeness (QED) is 0.305. The predicted octanol–water partition coefficient (Wildman–Crippen LogP) is 7.74. The van der Waals surface area contributed by atoms with Crippen molar-refractivity contribution in [2.24, 2.45) is 0 Å². The van der Waals surface area contributed by atoms with Gasteiger partial charge >= 0.3 is 0 Å². The molecule has 0 unspecified atom stereocenters. The Morgan fingerprint density at radius 1 is 0.600 bits per heavy atom. The Bertz CT molecular complexity index is 701. The van der Waals surface area contributed by atoms with Crippen LogP contribution in [0.5, 0.6) is 0 Å². The second-order valence-electron chi connectivity index (χ2n) is 11.2. The van der Waals surface area contributed by atoms with Crippen LogP contribution in [0.4, 0.5) is 0 Å². The molecule has 0 saturated heterocycles. The van der Waals surface area contributed by atoms with Crippen molar-refractivity contribution in [3.05, 3.63) is 60.7 Å². The lowest BCUT2D eigenvalue weighted by atomic mass is 10.3. The van der Waals surface area contributed by atoms with Crippen molar-refractivity contribution in [1.29, 1.82) is 0 Å². The molecule has 2 aromatic carbocycles. The first-order valence-electron chi connectivity index (χ1n) is 12.2. The lowest BCUT2D eigenvalue weighted by Gasteiger charge is -2.63. The molecule has 0 spiro atoms. The molecule has 0 heterocycles. The van der Waals surface area contributed by atoms with E-state index in [4.69, 9.17) is 0 Å². The van der Waals surface area contributed by atoms with Crippen LogP contribution in [0.1, 0.15) is 46.0 Å². The molecule has 0 saturated carbocycles. The Kier molecular flexibility index (Phi) is 8.57. The van der Waals surface area contributed by atoms with Crippen LogP contribution in [-0.2, 0) is 0 Å². The fraction of sp³-hybridized carbons (Fsp3) is 0.556. The zero-order chi connectivity index (χ0) is 22.5. The van der Waals surface area contributed by atoms with Crippen molar-refractivity contribution >= 4 is 34.6 Å². The van der Waals surface area contributed by atoms with Crippen molar-refractivity contribution in [3.63, 3.8) is 0 Å². The zero-order valence-electron chi connectivity index (χ0n) is 21.0. The topological polar surface area (TPSA) is 0 Å². The standard InChI is InChI=1S/C27H46Si3/c1-9-11-23-27(28(3,4)5,29(6,7)8)30(24-12-10-2,25-19-15-13-16-20-25)26-21-17-14-18-22-26/h13-22H,9-12,23-24H2,1-8H3. The van der Waals surface area contributed by atoms with E-state index in [1.165, 1.54) is 38.1 Å². The highest BCUT2D eigenvalue weighted by Crippen LogP contribution is 2.58. The van der Waals surface area contributed by atoms with Crippen LogP contribution < -0.4 is 10.4 Å². The molecule has 0 atom stereocenters. The van der Waals surface area contributed by atoms with Gasteiger partial charge in [-0.05, 0) is 10.3 Å². The Hall–Kier alpha value is -0.909. The van der Waals surface area contributed by atoms with Gasteiger partial charge in [0.25, 0.3) is 0 Å². The maximum absolute atomic E-state index is 2.71. The third-order valence-corrected chi connectivity index (χ3v) is 30.3. The number of benzene rings is 2. The molecule has 2 aromatic rings. The summed E-state index contributed by atoms with van der Waals surface area (Å²) in [6.07, 6.45) is 6.73. The first kappa shape index (κ1) is 25.4. The van der Waals surface area contributed by atoms with Crippen LogP contribution in [0.25, 0.3) is 0 Å². The Labute approximate surface area is 190 Å². The third-order valence-electron chi connectivity index (χ3n) is 7.63. The van der Waals surface area contributed by atoms with Gasteiger partial charge in [-0.2, -0.15) is 0 Å². The maximum atomic E-state index is 2.71. The van der Waals surface area contributed by atoms with Gasteiger partial charge in [0, 0.05) is 16.1 Å². The fourth-order valence-electron chi connectivity index (χ4n) is 6.86. The largest absolute Gasteiger partial charge is 0.119 e. The van der Waals surface area contributed by atoms with E-state index in [2.05, 4.69) is 114 Å². The van der Waals surface area contributed by atoms with Crippen LogP contribution in [0.3, 0.4) is 0 Å². The smallest absolute Gasteiger partial charge is 0.0695 e. The zero-order valence-corrected chi connectivity index (χ0v) is 24.0. The van der Waals surface area contributed by atoms with Gasteiger partial charge in [0.05, 0.1) is 0 Å². The van der Waals surface area contributed by atoms with Crippen LogP contribution in [0.2, 0.25) is 49.6 Å². The molecule has 0 fully saturated rings. The van der Waals surface area contributed by atoms with Crippen molar-refractivity contribution in [3.8, 4) is 0 Å². The maximum Gasteiger partial charge on any atom is 0.119 e. The second kappa shape index (κ2) is 10.1. The van der Waals surface area contributed by atoms with E-state index in [-0.39, 0.29) is 0 Å². The molecular weight excluding hydrogens is 409 g/mol. The Morgan fingerprint density at radius 3 is 1.33 bits per heavy atom. The minimum absolute atomic E-state index is 0.515. The number of rotatable bonds is 11. The van der Waals surface area contributed by atoms with E-state index >= 15 is 0 Å². The number of hydrogen-bond acceptors (Lipinski definition) is 0. The molecule has 0 aromatic heterocycles. The highest BCUT2D eigenvalue weighted by Gasteiger charge is 2.65. The van der Waals surface area contributed by atoms with Crippen LogP contribution >= 0.6 is 0 Å². The van der Waals surface area contributed by atoms with E-state index in [1.807, 2.05) is 0 Å². The molecule has 0 N–H and O–H groups in total. The summed E-state index contributed by atoms with van der Waals surface area (Å²) in [6.45, 7) is 21.0. The highest BCUT2D eigenvalue weighted by atomic mass is 28.5. The molecule has 0 bridgehead atoms. The SMILES string of the molecule is CCCCC([Si](C)(C)C)([Si](C)(C)C)[Si](CCCC)(c1ccccc1)c1ccccc1. The van der Waals surface area contributed by atoms with Crippen molar-refractivity contribution < 1.29 is 0 Å². The minimum atomic E-state index is -2.03. The van der Waals surface area contributed by atoms with Gasteiger partial charge in [-0.3, -0.25) is 0 Å². The Balaban J connectivity index is 3.05. The summed E-state index contributed by atoms with van der Waals surface area (Å²) < 4.78 is 0.515. The summed E-state index contributed by atoms with van der Waals surface area (Å²) in [6, 6.07) is 25.1. The van der Waals surface area contributed by atoms with E-state index in [1.54, 1.807) is 10.4 Å². The summed E-state index contributed by atoms with van der Waals surface area (Å²) >= 11 is 0. The first-order valence-corrected chi connectivity index (χ1v) is 21.4. The van der Waals surface area contributed by atoms with E-state index in [9.17, 15) is 0 Å². The average molecular weight is 455 g/mol. The lowest BCUT2D eigenvalue weighted by Crippen LogP contribution is -2.78. The second-order valence-corrected chi connectivity index (χ2v) is 27.8. The van der Waals surface area contributed by atoms with Gasteiger partial charge in [0.2, 0.25) is 0 Å². The van der Waals surface area contributed by atoms with E-state index in [0.717, 1.165) is 0 Å². The fourth-order valence-corrected chi connectivity index (χ4v) is 35.8. The summed E-state index contributed by atoms with van der Waals surface area (Å²) in [7, 11) is -5.11. The van der Waals surface area contributed by atoms with Crippen LogP contribution in [-0.4, -0.2) is 24.2 Å². The molecular formula is C27H46Si3. The molecule has 30 heavy (non-hydrogen) atoms. The molecule has 0 aliphatic carbocycles. The van der Waals surface area contributed by atoms with Crippen molar-refractivity contribution in [2.45, 2.75) is 95.6 Å². The van der Waals surface area contributed by atoms with Crippen LogP contribution in [0.15, 0.2) is 60.7 Å². The van der Waals surface area contributed by atoms with Crippen LogP contribution in [0, 0.1) is 0 Å². The van der Waals surface area contributed by atoms with Gasteiger partial charge in [0.15, 0.2) is 0 Å². The summed E-state index contributed by atoms with van der Waals surface area (Å²) in [4.78, 5) is 0. The number of hydrogen-bond donors (Lipinski definition) is 0.